The highest BCUT2D eigenvalue weighted by Gasteiger charge is 2.71. The van der Waals surface area contributed by atoms with E-state index in [2.05, 4.69) is 0 Å². The number of carbonyl (C=O) groups excluding carboxylic acids is 3. The normalized spacial score (nSPS) is 22.2. The average Bonchev–Trinajstić information content (AvgIpc) is 3.39. The molecule has 3 aliphatic rings. The van der Waals surface area contributed by atoms with Crippen molar-refractivity contribution in [1.82, 2.24) is 4.98 Å². The first-order chi connectivity index (χ1) is 19.0. The lowest BCUT2D eigenvalue weighted by atomic mass is 9.64. The Kier molecular flexibility index (Phi) is 5.11. The van der Waals surface area contributed by atoms with Crippen molar-refractivity contribution < 1.29 is 19.1 Å². The second-order valence-electron chi connectivity index (χ2n) is 10.4. The lowest BCUT2D eigenvalue weighted by Gasteiger charge is -2.37. The largest absolute Gasteiger partial charge is 0.494 e. The Labute approximate surface area is 225 Å². The van der Waals surface area contributed by atoms with E-state index in [1.54, 1.807) is 37.4 Å². The fourth-order valence-corrected chi connectivity index (χ4v) is 7.10. The number of ketones is 3. The van der Waals surface area contributed by atoms with Gasteiger partial charge < -0.3 is 9.64 Å². The first kappa shape index (κ1) is 23.5. The molecule has 1 saturated heterocycles. The Bertz CT molecular complexity index is 1700. The highest BCUT2D eigenvalue weighted by atomic mass is 16.5. The standard InChI is InChI=1S/C33H26N2O4/c1-3-39-25-13-7-6-12-24(25)27-29(19(2)36)35-26(33(27)31(37)22-10-4-5-11-23(22)32(33)38)17-16-21-15-14-20-9-8-18-34-28(20)30(21)35/h4-18,26-27,29H,3H2,1-2H3. The molecular weight excluding hydrogens is 488 g/mol. The molecule has 1 fully saturated rings. The van der Waals surface area contributed by atoms with Gasteiger partial charge in [-0.1, -0.05) is 72.8 Å². The molecule has 4 aromatic rings. The van der Waals surface area contributed by atoms with Crippen molar-refractivity contribution in [3.63, 3.8) is 0 Å². The van der Waals surface area contributed by atoms with Gasteiger partial charge in [0.05, 0.1) is 29.9 Å². The van der Waals surface area contributed by atoms with Crippen LogP contribution < -0.4 is 9.64 Å². The number of para-hydroxylation sites is 1. The maximum atomic E-state index is 14.6. The Morgan fingerprint density at radius 3 is 2.38 bits per heavy atom. The number of ether oxygens (including phenoxy) is 1. The predicted molar refractivity (Wildman–Crippen MR) is 149 cm³/mol. The van der Waals surface area contributed by atoms with E-state index in [-0.39, 0.29) is 17.3 Å². The summed E-state index contributed by atoms with van der Waals surface area (Å²) in [5.41, 5.74) is 2.35. The maximum Gasteiger partial charge on any atom is 0.180 e. The summed E-state index contributed by atoms with van der Waals surface area (Å²) in [6, 6.07) is 20.9. The zero-order valence-electron chi connectivity index (χ0n) is 21.6. The SMILES string of the molecule is CCOc1ccccc1C1C(C(C)=O)N2c3c(ccc4cccnc34)C=CC2C12C(=O)c1ccccc1C2=O. The van der Waals surface area contributed by atoms with Crippen molar-refractivity contribution in [3.8, 4) is 5.75 Å². The molecule has 0 bridgehead atoms. The van der Waals surface area contributed by atoms with Gasteiger partial charge in [-0.05, 0) is 31.5 Å². The van der Waals surface area contributed by atoms with Crippen molar-refractivity contribution in [2.45, 2.75) is 31.8 Å². The molecule has 0 saturated carbocycles. The number of aromatic nitrogens is 1. The Morgan fingerprint density at radius 1 is 0.949 bits per heavy atom. The van der Waals surface area contributed by atoms with Crippen LogP contribution in [0.25, 0.3) is 17.0 Å². The zero-order chi connectivity index (χ0) is 26.9. The average molecular weight is 515 g/mol. The molecule has 1 aliphatic carbocycles. The molecule has 0 amide bonds. The van der Waals surface area contributed by atoms with Gasteiger partial charge in [0.1, 0.15) is 11.2 Å². The number of carbonyl (C=O) groups is 3. The van der Waals surface area contributed by atoms with E-state index >= 15 is 0 Å². The van der Waals surface area contributed by atoms with E-state index in [9.17, 15) is 14.4 Å². The monoisotopic (exact) mass is 514 g/mol. The third kappa shape index (κ3) is 2.97. The number of pyridine rings is 1. The smallest absolute Gasteiger partial charge is 0.180 e. The van der Waals surface area contributed by atoms with Crippen LogP contribution in [0, 0.1) is 5.41 Å². The van der Waals surface area contributed by atoms with Gasteiger partial charge in [0.2, 0.25) is 0 Å². The van der Waals surface area contributed by atoms with Crippen LogP contribution in [-0.4, -0.2) is 41.0 Å². The van der Waals surface area contributed by atoms with Gasteiger partial charge in [-0.25, -0.2) is 0 Å². The fraction of sp³-hybridized carbons (Fsp3) is 0.212. The van der Waals surface area contributed by atoms with E-state index in [0.29, 0.717) is 29.0 Å². The van der Waals surface area contributed by atoms with E-state index < -0.39 is 23.4 Å². The zero-order valence-corrected chi connectivity index (χ0v) is 21.6. The quantitative estimate of drug-likeness (QED) is 0.327. The summed E-state index contributed by atoms with van der Waals surface area (Å²) >= 11 is 0. The van der Waals surface area contributed by atoms with Gasteiger partial charge in [0.15, 0.2) is 17.3 Å². The lowest BCUT2D eigenvalue weighted by molar-refractivity contribution is -0.118. The van der Waals surface area contributed by atoms with Crippen molar-refractivity contribution in [2.24, 2.45) is 5.41 Å². The Morgan fingerprint density at radius 2 is 1.67 bits per heavy atom. The first-order valence-electron chi connectivity index (χ1n) is 13.2. The van der Waals surface area contributed by atoms with Crippen LogP contribution >= 0.6 is 0 Å². The van der Waals surface area contributed by atoms with Crippen molar-refractivity contribution >= 4 is 40.0 Å². The summed E-state index contributed by atoms with van der Waals surface area (Å²) in [5.74, 6) is -0.824. The number of fused-ring (bicyclic) bond motifs is 7. The molecule has 1 aromatic heterocycles. The molecule has 39 heavy (non-hydrogen) atoms. The van der Waals surface area contributed by atoms with Crippen molar-refractivity contribution in [2.75, 3.05) is 11.5 Å². The molecule has 192 valence electrons. The van der Waals surface area contributed by atoms with Crippen molar-refractivity contribution in [1.29, 1.82) is 0 Å². The van der Waals surface area contributed by atoms with E-state index in [1.807, 2.05) is 72.5 Å². The van der Waals surface area contributed by atoms with Gasteiger partial charge in [-0.15, -0.1) is 0 Å². The second kappa shape index (κ2) is 8.46. The summed E-state index contributed by atoms with van der Waals surface area (Å²) < 4.78 is 6.04. The topological polar surface area (TPSA) is 76.6 Å². The van der Waals surface area contributed by atoms with Gasteiger partial charge in [-0.3, -0.25) is 19.4 Å². The van der Waals surface area contributed by atoms with Crippen LogP contribution in [0.1, 0.15) is 51.6 Å². The maximum absolute atomic E-state index is 14.6. The van der Waals surface area contributed by atoms with Gasteiger partial charge in [0.25, 0.3) is 0 Å². The molecule has 3 heterocycles. The van der Waals surface area contributed by atoms with Crippen LogP contribution in [0.3, 0.4) is 0 Å². The first-order valence-corrected chi connectivity index (χ1v) is 13.2. The van der Waals surface area contributed by atoms with Crippen LogP contribution in [0.4, 0.5) is 5.69 Å². The molecular formula is C33H26N2O4. The molecule has 3 atom stereocenters. The molecule has 7 rings (SSSR count). The number of anilines is 1. The van der Waals surface area contributed by atoms with E-state index in [0.717, 1.165) is 22.2 Å². The van der Waals surface area contributed by atoms with Gasteiger partial charge in [0, 0.05) is 34.2 Å². The summed E-state index contributed by atoms with van der Waals surface area (Å²) in [7, 11) is 0. The molecule has 0 N–H and O–H groups in total. The summed E-state index contributed by atoms with van der Waals surface area (Å²) in [6.07, 6.45) is 5.62. The lowest BCUT2D eigenvalue weighted by Crippen LogP contribution is -2.48. The van der Waals surface area contributed by atoms with Gasteiger partial charge >= 0.3 is 0 Å². The van der Waals surface area contributed by atoms with Crippen LogP contribution in [-0.2, 0) is 4.79 Å². The number of nitrogens with zero attached hydrogens (tertiary/aromatic N) is 2. The Balaban J connectivity index is 1.59. The second-order valence-corrected chi connectivity index (χ2v) is 10.4. The molecule has 1 spiro atoms. The molecule has 2 aliphatic heterocycles. The van der Waals surface area contributed by atoms with Crippen LogP contribution in [0.5, 0.6) is 5.75 Å². The van der Waals surface area contributed by atoms with E-state index in [4.69, 9.17) is 9.72 Å². The minimum Gasteiger partial charge on any atom is -0.494 e. The molecule has 3 unspecified atom stereocenters. The molecule has 6 heteroatoms. The highest BCUT2D eigenvalue weighted by molar-refractivity contribution is 6.32. The summed E-state index contributed by atoms with van der Waals surface area (Å²) in [4.78, 5) is 49.8. The number of hydrogen-bond acceptors (Lipinski definition) is 6. The number of benzene rings is 3. The summed E-state index contributed by atoms with van der Waals surface area (Å²) in [5, 5.41) is 0.923. The number of hydrogen-bond donors (Lipinski definition) is 0. The molecule has 0 radical (unpaired) electrons. The third-order valence-corrected chi connectivity index (χ3v) is 8.51. The minimum absolute atomic E-state index is 0.126. The third-order valence-electron chi connectivity index (χ3n) is 8.51. The fourth-order valence-electron chi connectivity index (χ4n) is 7.10. The van der Waals surface area contributed by atoms with Crippen LogP contribution in [0.2, 0.25) is 0 Å². The Hall–Kier alpha value is -4.58. The number of rotatable bonds is 4. The molecule has 3 aromatic carbocycles. The number of Topliss-reactive ketones (excluding diaryl/α,β-unsaturated/α-hetero) is 3. The van der Waals surface area contributed by atoms with Crippen molar-refractivity contribution in [3.05, 3.63) is 107 Å². The highest BCUT2D eigenvalue weighted by Crippen LogP contribution is 2.62. The minimum atomic E-state index is -1.54. The van der Waals surface area contributed by atoms with Crippen LogP contribution in [0.15, 0.2) is 85.1 Å². The molecule has 6 nitrogen and oxygen atoms in total. The van der Waals surface area contributed by atoms with E-state index in [1.165, 1.54) is 0 Å². The predicted octanol–water partition coefficient (Wildman–Crippen LogP) is 5.66. The van der Waals surface area contributed by atoms with Gasteiger partial charge in [-0.2, -0.15) is 0 Å². The summed E-state index contributed by atoms with van der Waals surface area (Å²) in [6.45, 7) is 3.85.